The predicted molar refractivity (Wildman–Crippen MR) is 62.5 cm³/mol. The number of hydrogen-bond acceptors (Lipinski definition) is 6. The Labute approximate surface area is 105 Å². The number of nitrogens with two attached hydrogens (primary N) is 1. The molecule has 19 heavy (non-hydrogen) atoms. The molecule has 2 atom stereocenters. The molecule has 0 aromatic carbocycles. The minimum Gasteiger partial charge on any atom is -0.469 e. The molecule has 4 N–H and O–H groups in total. The Kier molecular flexibility index (Phi) is 2.49. The van der Waals surface area contributed by atoms with Gasteiger partial charge in [0.05, 0.1) is 0 Å². The SMILES string of the molecule is Nc1nc2c(ncn2[C@H]2C[C@H](O)C(=CF)O2)c(=O)[nH]1. The fourth-order valence-corrected chi connectivity index (χ4v) is 2.01. The van der Waals surface area contributed by atoms with Gasteiger partial charge < -0.3 is 15.6 Å². The van der Waals surface area contributed by atoms with E-state index in [9.17, 15) is 14.3 Å². The minimum atomic E-state index is -1.04. The van der Waals surface area contributed by atoms with Crippen molar-refractivity contribution in [2.24, 2.45) is 0 Å². The molecule has 3 rings (SSSR count). The molecule has 1 aliphatic heterocycles. The molecule has 0 amide bonds. The first-order valence-electron chi connectivity index (χ1n) is 5.47. The summed E-state index contributed by atoms with van der Waals surface area (Å²) in [6, 6.07) is 0. The number of aromatic nitrogens is 4. The number of nitrogens with zero attached hydrogens (tertiary/aromatic N) is 3. The van der Waals surface area contributed by atoms with Crippen molar-refractivity contribution in [3.05, 3.63) is 28.8 Å². The smallest absolute Gasteiger partial charge is 0.280 e. The normalized spacial score (nSPS) is 25.1. The Morgan fingerprint density at radius 3 is 3.16 bits per heavy atom. The second-order valence-corrected chi connectivity index (χ2v) is 4.11. The van der Waals surface area contributed by atoms with Gasteiger partial charge in [0.2, 0.25) is 5.95 Å². The van der Waals surface area contributed by atoms with E-state index in [4.69, 9.17) is 10.5 Å². The summed E-state index contributed by atoms with van der Waals surface area (Å²) in [4.78, 5) is 21.8. The lowest BCUT2D eigenvalue weighted by Gasteiger charge is -2.11. The molecule has 1 aliphatic rings. The number of nitrogen functional groups attached to an aromatic ring is 1. The van der Waals surface area contributed by atoms with Gasteiger partial charge in [-0.1, -0.05) is 0 Å². The Morgan fingerprint density at radius 1 is 1.68 bits per heavy atom. The molecule has 0 aliphatic carbocycles. The second kappa shape index (κ2) is 4.05. The first-order chi connectivity index (χ1) is 9.10. The van der Waals surface area contributed by atoms with Gasteiger partial charge in [0, 0.05) is 6.42 Å². The molecule has 1 fully saturated rings. The van der Waals surface area contributed by atoms with Crippen molar-refractivity contribution in [2.75, 3.05) is 5.73 Å². The highest BCUT2D eigenvalue weighted by Crippen LogP contribution is 2.32. The van der Waals surface area contributed by atoms with Crippen LogP contribution in [0.15, 0.2) is 23.2 Å². The van der Waals surface area contributed by atoms with Crippen LogP contribution in [0, 0.1) is 0 Å². The number of fused-ring (bicyclic) bond motifs is 1. The lowest BCUT2D eigenvalue weighted by Crippen LogP contribution is -2.14. The average Bonchev–Trinajstić information content (AvgIpc) is 2.92. The van der Waals surface area contributed by atoms with Crippen LogP contribution in [0.25, 0.3) is 11.2 Å². The van der Waals surface area contributed by atoms with Crippen LogP contribution in [-0.2, 0) is 4.74 Å². The number of halogens is 1. The fraction of sp³-hybridized carbons (Fsp3) is 0.300. The Bertz CT molecular complexity index is 722. The van der Waals surface area contributed by atoms with Crippen LogP contribution in [0.3, 0.4) is 0 Å². The van der Waals surface area contributed by atoms with Crippen LogP contribution in [0.4, 0.5) is 10.3 Å². The van der Waals surface area contributed by atoms with Crippen LogP contribution in [0.5, 0.6) is 0 Å². The van der Waals surface area contributed by atoms with Crippen LogP contribution in [0.1, 0.15) is 12.6 Å². The van der Waals surface area contributed by atoms with Crippen LogP contribution < -0.4 is 11.3 Å². The van der Waals surface area contributed by atoms with Gasteiger partial charge in [-0.2, -0.15) is 4.98 Å². The lowest BCUT2D eigenvalue weighted by atomic mass is 10.2. The van der Waals surface area contributed by atoms with Gasteiger partial charge in [-0.15, -0.1) is 0 Å². The maximum absolute atomic E-state index is 12.4. The highest BCUT2D eigenvalue weighted by Gasteiger charge is 2.32. The quantitative estimate of drug-likeness (QED) is 0.658. The first kappa shape index (κ1) is 11.7. The number of H-pyrrole nitrogens is 1. The van der Waals surface area contributed by atoms with E-state index < -0.39 is 17.9 Å². The predicted octanol–water partition coefficient (Wildman–Crippen LogP) is -0.208. The van der Waals surface area contributed by atoms with Crippen LogP contribution in [0.2, 0.25) is 0 Å². The summed E-state index contributed by atoms with van der Waals surface area (Å²) in [6.45, 7) is 0. The van der Waals surface area contributed by atoms with Gasteiger partial charge in [-0.3, -0.25) is 14.3 Å². The Morgan fingerprint density at radius 2 is 2.47 bits per heavy atom. The van der Waals surface area contributed by atoms with Crippen molar-refractivity contribution in [1.82, 2.24) is 19.5 Å². The number of ether oxygens (including phenoxy) is 1. The molecule has 100 valence electrons. The molecule has 0 unspecified atom stereocenters. The molecular weight excluding hydrogens is 257 g/mol. The van der Waals surface area contributed by atoms with Gasteiger partial charge in [0.25, 0.3) is 5.56 Å². The van der Waals surface area contributed by atoms with Gasteiger partial charge in [0.15, 0.2) is 23.2 Å². The highest BCUT2D eigenvalue weighted by molar-refractivity contribution is 5.70. The molecule has 0 spiro atoms. The van der Waals surface area contributed by atoms with E-state index in [1.165, 1.54) is 10.9 Å². The number of nitrogens with one attached hydrogen (secondary N) is 1. The van der Waals surface area contributed by atoms with E-state index in [0.717, 1.165) is 0 Å². The number of rotatable bonds is 1. The molecule has 8 nitrogen and oxygen atoms in total. The van der Waals surface area contributed by atoms with Crippen molar-refractivity contribution < 1.29 is 14.2 Å². The number of anilines is 1. The largest absolute Gasteiger partial charge is 0.469 e. The zero-order chi connectivity index (χ0) is 13.6. The van der Waals surface area contributed by atoms with E-state index in [1.807, 2.05) is 0 Å². The summed E-state index contributed by atoms with van der Waals surface area (Å²) in [5.74, 6) is -0.219. The van der Waals surface area contributed by atoms with Crippen molar-refractivity contribution >= 4 is 17.1 Å². The molecule has 1 saturated heterocycles. The number of aliphatic hydroxyl groups is 1. The molecule has 2 aromatic heterocycles. The van der Waals surface area contributed by atoms with Crippen molar-refractivity contribution in [3.8, 4) is 0 Å². The number of hydrogen-bond donors (Lipinski definition) is 3. The maximum atomic E-state index is 12.4. The van der Waals surface area contributed by atoms with E-state index in [0.29, 0.717) is 0 Å². The van der Waals surface area contributed by atoms with Gasteiger partial charge in [0.1, 0.15) is 18.8 Å². The Hall–Kier alpha value is -2.42. The standard InChI is InChI=1S/C10H10FN5O3/c11-2-5-4(17)1-6(19-5)16-3-13-7-8(16)14-10(12)15-9(7)18/h2-4,6,17H,1H2,(H3,12,14,15,18)/t4-,6+/m0/s1. The van der Waals surface area contributed by atoms with Gasteiger partial charge in [-0.25, -0.2) is 9.37 Å². The summed E-state index contributed by atoms with van der Waals surface area (Å²) >= 11 is 0. The third-order valence-corrected chi connectivity index (χ3v) is 2.89. The molecule has 9 heteroatoms. The van der Waals surface area contributed by atoms with Gasteiger partial charge >= 0.3 is 0 Å². The van der Waals surface area contributed by atoms with E-state index in [2.05, 4.69) is 15.0 Å². The maximum Gasteiger partial charge on any atom is 0.280 e. The lowest BCUT2D eigenvalue weighted by molar-refractivity contribution is 0.0977. The number of aromatic amines is 1. The van der Waals surface area contributed by atoms with Gasteiger partial charge in [-0.05, 0) is 0 Å². The third kappa shape index (κ3) is 1.74. The van der Waals surface area contributed by atoms with Crippen LogP contribution in [-0.4, -0.2) is 30.7 Å². The molecule has 2 aromatic rings. The monoisotopic (exact) mass is 267 g/mol. The zero-order valence-electron chi connectivity index (χ0n) is 9.58. The number of aliphatic hydroxyl groups excluding tert-OH is 1. The minimum absolute atomic E-state index is 0.0564. The summed E-state index contributed by atoms with van der Waals surface area (Å²) in [5.41, 5.74) is 5.31. The van der Waals surface area contributed by atoms with Crippen LogP contribution >= 0.6 is 0 Å². The molecule has 0 radical (unpaired) electrons. The third-order valence-electron chi connectivity index (χ3n) is 2.89. The molecule has 3 heterocycles. The first-order valence-corrected chi connectivity index (χ1v) is 5.47. The second-order valence-electron chi connectivity index (χ2n) is 4.11. The molecule has 0 bridgehead atoms. The van der Waals surface area contributed by atoms with Crippen molar-refractivity contribution in [1.29, 1.82) is 0 Å². The molecule has 0 saturated carbocycles. The van der Waals surface area contributed by atoms with E-state index in [1.54, 1.807) is 0 Å². The van der Waals surface area contributed by atoms with Crippen molar-refractivity contribution in [2.45, 2.75) is 18.8 Å². The topological polar surface area (TPSA) is 119 Å². The fourth-order valence-electron chi connectivity index (χ4n) is 2.01. The van der Waals surface area contributed by atoms with E-state index >= 15 is 0 Å². The zero-order valence-corrected chi connectivity index (χ0v) is 9.58. The number of imidazole rings is 1. The summed E-state index contributed by atoms with van der Waals surface area (Å²) in [5, 5.41) is 9.56. The summed E-state index contributed by atoms with van der Waals surface area (Å²) in [7, 11) is 0. The summed E-state index contributed by atoms with van der Waals surface area (Å²) < 4.78 is 19.1. The molecular formula is C10H10FN5O3. The average molecular weight is 267 g/mol. The van der Waals surface area contributed by atoms with E-state index in [-0.39, 0.29) is 35.6 Å². The summed E-state index contributed by atoms with van der Waals surface area (Å²) in [6.07, 6.45) is -0.0405. The highest BCUT2D eigenvalue weighted by atomic mass is 19.1. The van der Waals surface area contributed by atoms with Crippen molar-refractivity contribution in [3.63, 3.8) is 0 Å². The Balaban J connectivity index is 2.10.